The molecule has 1 aromatic carbocycles. The summed E-state index contributed by atoms with van der Waals surface area (Å²) < 4.78 is 27.8. The maximum absolute atomic E-state index is 11.6. The van der Waals surface area contributed by atoms with Gasteiger partial charge in [0.2, 0.25) is 10.0 Å². The van der Waals surface area contributed by atoms with Crippen molar-refractivity contribution in [2.45, 2.75) is 18.9 Å². The van der Waals surface area contributed by atoms with Crippen molar-refractivity contribution < 1.29 is 8.42 Å². The molecule has 1 atom stereocenters. The molecule has 3 heterocycles. The smallest absolute Gasteiger partial charge is 0.209 e. The van der Waals surface area contributed by atoms with Gasteiger partial charge in [-0.1, -0.05) is 11.6 Å². The van der Waals surface area contributed by atoms with E-state index in [1.54, 1.807) is 12.5 Å². The van der Waals surface area contributed by atoms with Crippen LogP contribution in [0.25, 0.3) is 16.6 Å². The molecule has 2 aromatic heterocycles. The van der Waals surface area contributed by atoms with Crippen molar-refractivity contribution >= 4 is 38.3 Å². The minimum Gasteiger partial charge on any atom is -0.355 e. The van der Waals surface area contributed by atoms with Crippen LogP contribution < -0.4 is 9.62 Å². The van der Waals surface area contributed by atoms with Crippen molar-refractivity contribution in [1.29, 1.82) is 0 Å². The lowest BCUT2D eigenvalue weighted by molar-refractivity contribution is 0.466. The van der Waals surface area contributed by atoms with Crippen molar-refractivity contribution in [3.05, 3.63) is 48.0 Å². The first-order valence-electron chi connectivity index (χ1n) is 8.70. The molecule has 142 valence electrons. The highest BCUT2D eigenvalue weighted by molar-refractivity contribution is 7.88. The third kappa shape index (κ3) is 4.07. The third-order valence-electron chi connectivity index (χ3n) is 4.65. The van der Waals surface area contributed by atoms with Gasteiger partial charge in [0, 0.05) is 48.0 Å². The summed E-state index contributed by atoms with van der Waals surface area (Å²) in [7, 11) is -3.24. The van der Waals surface area contributed by atoms with Crippen LogP contribution in [0.1, 0.15) is 12.8 Å². The molecule has 1 saturated heterocycles. The zero-order chi connectivity index (χ0) is 19.0. The Balaban J connectivity index is 1.75. The van der Waals surface area contributed by atoms with Crippen LogP contribution in [0.2, 0.25) is 5.02 Å². The van der Waals surface area contributed by atoms with Gasteiger partial charge in [-0.15, -0.1) is 0 Å². The van der Waals surface area contributed by atoms with Gasteiger partial charge in [0.25, 0.3) is 0 Å². The van der Waals surface area contributed by atoms with Crippen LogP contribution in [0.3, 0.4) is 0 Å². The minimum atomic E-state index is -3.24. The van der Waals surface area contributed by atoms with Crippen molar-refractivity contribution in [2.75, 3.05) is 24.2 Å². The Kier molecular flexibility index (Phi) is 4.79. The molecule has 1 aliphatic rings. The molecule has 0 spiro atoms. The van der Waals surface area contributed by atoms with E-state index >= 15 is 0 Å². The summed E-state index contributed by atoms with van der Waals surface area (Å²) in [5.74, 6) is 0.800. The van der Waals surface area contributed by atoms with Gasteiger partial charge < -0.3 is 9.47 Å². The number of pyridine rings is 1. The van der Waals surface area contributed by atoms with Gasteiger partial charge in [-0.3, -0.25) is 0 Å². The Morgan fingerprint density at radius 3 is 2.89 bits per heavy atom. The predicted molar refractivity (Wildman–Crippen MR) is 107 cm³/mol. The summed E-state index contributed by atoms with van der Waals surface area (Å²) in [5.41, 5.74) is 1.75. The first-order chi connectivity index (χ1) is 12.9. The van der Waals surface area contributed by atoms with Crippen molar-refractivity contribution in [1.82, 2.24) is 19.3 Å². The number of halogens is 1. The lowest BCUT2D eigenvalue weighted by Gasteiger charge is -2.34. The number of benzene rings is 1. The SMILES string of the molecule is CS(=O)(=O)NC1CCCN(c2cc(-n3ccnc3)c3ccc(Cl)cc3n2)C1. The molecule has 0 aliphatic carbocycles. The van der Waals surface area contributed by atoms with Crippen LogP contribution >= 0.6 is 11.6 Å². The molecule has 1 aliphatic heterocycles. The molecule has 1 N–H and O–H groups in total. The van der Waals surface area contributed by atoms with E-state index in [1.165, 1.54) is 6.26 Å². The minimum absolute atomic E-state index is 0.123. The van der Waals surface area contributed by atoms with Gasteiger partial charge in [-0.2, -0.15) is 0 Å². The highest BCUT2D eigenvalue weighted by atomic mass is 35.5. The van der Waals surface area contributed by atoms with Crippen LogP contribution in [0.4, 0.5) is 5.82 Å². The lowest BCUT2D eigenvalue weighted by atomic mass is 10.1. The zero-order valence-electron chi connectivity index (χ0n) is 14.8. The molecule has 0 bridgehead atoms. The fourth-order valence-corrected chi connectivity index (χ4v) is 4.50. The van der Waals surface area contributed by atoms with Crippen LogP contribution in [0, 0.1) is 0 Å². The number of nitrogens with one attached hydrogen (secondary N) is 1. The topological polar surface area (TPSA) is 80.1 Å². The van der Waals surface area contributed by atoms with E-state index in [4.69, 9.17) is 16.6 Å². The monoisotopic (exact) mass is 405 g/mol. The van der Waals surface area contributed by atoms with Crippen LogP contribution in [0.15, 0.2) is 43.0 Å². The number of aromatic nitrogens is 3. The van der Waals surface area contributed by atoms with E-state index in [1.807, 2.05) is 35.0 Å². The van der Waals surface area contributed by atoms with Gasteiger partial charge >= 0.3 is 0 Å². The second-order valence-electron chi connectivity index (χ2n) is 6.81. The van der Waals surface area contributed by atoms with E-state index < -0.39 is 10.0 Å². The Labute approximate surface area is 163 Å². The average molecular weight is 406 g/mol. The maximum Gasteiger partial charge on any atom is 0.209 e. The Morgan fingerprint density at radius 1 is 1.30 bits per heavy atom. The summed E-state index contributed by atoms with van der Waals surface area (Å²) >= 11 is 6.18. The van der Waals surface area contributed by atoms with Gasteiger partial charge in [-0.25, -0.2) is 23.1 Å². The number of fused-ring (bicyclic) bond motifs is 1. The highest BCUT2D eigenvalue weighted by Crippen LogP contribution is 2.29. The lowest BCUT2D eigenvalue weighted by Crippen LogP contribution is -2.47. The molecule has 0 radical (unpaired) electrons. The number of rotatable bonds is 4. The Morgan fingerprint density at radius 2 is 2.15 bits per heavy atom. The zero-order valence-corrected chi connectivity index (χ0v) is 16.4. The molecule has 9 heteroatoms. The van der Waals surface area contributed by atoms with Gasteiger partial charge in [0.05, 0.1) is 23.8 Å². The predicted octanol–water partition coefficient (Wildman–Crippen LogP) is 2.59. The number of piperidine rings is 1. The van der Waals surface area contributed by atoms with Gasteiger partial charge in [0.1, 0.15) is 5.82 Å². The summed E-state index contributed by atoms with van der Waals surface area (Å²) in [6.07, 6.45) is 8.27. The Bertz CT molecular complexity index is 1070. The maximum atomic E-state index is 11.6. The summed E-state index contributed by atoms with van der Waals surface area (Å²) in [6.45, 7) is 1.40. The van der Waals surface area contributed by atoms with Crippen molar-refractivity contribution in [3.63, 3.8) is 0 Å². The molecular formula is C18H20ClN5O2S. The molecule has 0 saturated carbocycles. The van der Waals surface area contributed by atoms with E-state index in [0.717, 1.165) is 41.8 Å². The van der Waals surface area contributed by atoms with Gasteiger partial charge in [-0.05, 0) is 31.0 Å². The van der Waals surface area contributed by atoms with Crippen molar-refractivity contribution in [3.8, 4) is 5.69 Å². The van der Waals surface area contributed by atoms with E-state index in [9.17, 15) is 8.42 Å². The highest BCUT2D eigenvalue weighted by Gasteiger charge is 2.24. The van der Waals surface area contributed by atoms with E-state index in [2.05, 4.69) is 14.6 Å². The molecule has 7 nitrogen and oxygen atoms in total. The largest absolute Gasteiger partial charge is 0.355 e. The van der Waals surface area contributed by atoms with E-state index in [-0.39, 0.29) is 6.04 Å². The number of hydrogen-bond acceptors (Lipinski definition) is 5. The van der Waals surface area contributed by atoms with Crippen LogP contribution in [0.5, 0.6) is 0 Å². The normalized spacial score (nSPS) is 18.1. The second kappa shape index (κ2) is 7.10. The molecular weight excluding hydrogens is 386 g/mol. The first kappa shape index (κ1) is 18.2. The number of hydrogen-bond donors (Lipinski definition) is 1. The van der Waals surface area contributed by atoms with Gasteiger partial charge in [0.15, 0.2) is 0 Å². The average Bonchev–Trinajstić information content (AvgIpc) is 3.13. The van der Waals surface area contributed by atoms with E-state index in [0.29, 0.717) is 11.6 Å². The fourth-order valence-electron chi connectivity index (χ4n) is 3.53. The molecule has 1 unspecified atom stereocenters. The molecule has 27 heavy (non-hydrogen) atoms. The molecule has 0 amide bonds. The fraction of sp³-hybridized carbons (Fsp3) is 0.333. The second-order valence-corrected chi connectivity index (χ2v) is 9.02. The van der Waals surface area contributed by atoms with Crippen molar-refractivity contribution in [2.24, 2.45) is 0 Å². The number of anilines is 1. The molecule has 4 rings (SSSR count). The summed E-state index contributed by atoms with van der Waals surface area (Å²) in [5, 5.41) is 1.60. The van der Waals surface area contributed by atoms with Crippen LogP contribution in [-0.2, 0) is 10.0 Å². The molecule has 1 fully saturated rings. The number of nitrogens with zero attached hydrogens (tertiary/aromatic N) is 4. The van der Waals surface area contributed by atoms with Crippen LogP contribution in [-0.4, -0.2) is 48.3 Å². The Hall–Kier alpha value is -2.16. The first-order valence-corrected chi connectivity index (χ1v) is 11.0. The summed E-state index contributed by atoms with van der Waals surface area (Å²) in [6, 6.07) is 7.53. The summed E-state index contributed by atoms with van der Waals surface area (Å²) in [4.78, 5) is 11.1. The third-order valence-corrected chi connectivity index (χ3v) is 5.64. The number of sulfonamides is 1. The number of imidazole rings is 1. The quantitative estimate of drug-likeness (QED) is 0.721. The standard InChI is InChI=1S/C18H20ClN5O2S/c1-27(25,26)22-14-3-2-7-23(11-14)18-10-17(24-8-6-20-12-24)15-5-4-13(19)9-16(15)21-18/h4-6,8-10,12,14,22H,2-3,7,11H2,1H3. The molecule has 3 aromatic rings.